The molecule has 3 aromatic rings. The van der Waals surface area contributed by atoms with E-state index in [1.54, 1.807) is 6.07 Å². The molecule has 2 aromatic carbocycles. The zero-order chi connectivity index (χ0) is 17.3. The van der Waals surface area contributed by atoms with Gasteiger partial charge in [-0.05, 0) is 67.5 Å². The van der Waals surface area contributed by atoms with Crippen molar-refractivity contribution in [2.75, 3.05) is 10.6 Å². The molecule has 0 radical (unpaired) electrons. The van der Waals surface area contributed by atoms with Crippen LogP contribution in [0.5, 0.6) is 0 Å². The Labute approximate surface area is 153 Å². The molecule has 122 valence electrons. The Morgan fingerprint density at radius 1 is 1.04 bits per heavy atom. The Bertz CT molecular complexity index is 998. The van der Waals surface area contributed by atoms with Crippen LogP contribution in [0.2, 0.25) is 0 Å². The number of hydrogen-bond acceptors (Lipinski definition) is 3. The van der Waals surface area contributed by atoms with Crippen LogP contribution in [0.15, 0.2) is 56.1 Å². The Morgan fingerprint density at radius 2 is 1.83 bits per heavy atom. The lowest BCUT2D eigenvalue weighted by atomic mass is 10.1. The summed E-state index contributed by atoms with van der Waals surface area (Å²) in [6.45, 7) is 3.89. The van der Waals surface area contributed by atoms with E-state index in [1.807, 2.05) is 44.2 Å². The fourth-order valence-corrected chi connectivity index (χ4v) is 3.16. The van der Waals surface area contributed by atoms with Crippen molar-refractivity contribution in [3.8, 4) is 0 Å². The Balaban J connectivity index is 1.81. The maximum Gasteiger partial charge on any atom is 0.336 e. The molecule has 0 amide bonds. The Morgan fingerprint density at radius 3 is 2.58 bits per heavy atom. The minimum atomic E-state index is -0.358. The van der Waals surface area contributed by atoms with Crippen LogP contribution in [0.1, 0.15) is 11.1 Å². The van der Waals surface area contributed by atoms with Crippen molar-refractivity contribution >= 4 is 55.6 Å². The second-order valence-corrected chi connectivity index (χ2v) is 6.82. The second-order valence-electron chi connectivity index (χ2n) is 5.50. The molecular formula is C18H15BrN2O2S. The first-order valence-electron chi connectivity index (χ1n) is 7.31. The maximum atomic E-state index is 11.5. The molecule has 0 fully saturated rings. The van der Waals surface area contributed by atoms with E-state index in [0.717, 1.165) is 32.4 Å². The third kappa shape index (κ3) is 3.66. The molecule has 0 saturated heterocycles. The molecule has 0 aliphatic rings. The van der Waals surface area contributed by atoms with Gasteiger partial charge in [0, 0.05) is 33.4 Å². The van der Waals surface area contributed by atoms with Gasteiger partial charge in [-0.25, -0.2) is 4.79 Å². The van der Waals surface area contributed by atoms with Crippen molar-refractivity contribution < 1.29 is 4.42 Å². The van der Waals surface area contributed by atoms with Crippen LogP contribution < -0.4 is 16.3 Å². The monoisotopic (exact) mass is 402 g/mol. The fraction of sp³-hybridized carbons (Fsp3) is 0.111. The summed E-state index contributed by atoms with van der Waals surface area (Å²) in [6, 6.07) is 13.0. The lowest BCUT2D eigenvalue weighted by Crippen LogP contribution is -2.19. The molecule has 0 bridgehead atoms. The molecule has 3 rings (SSSR count). The predicted molar refractivity (Wildman–Crippen MR) is 106 cm³/mol. The summed E-state index contributed by atoms with van der Waals surface area (Å²) in [6.07, 6.45) is 0. The molecule has 6 heteroatoms. The van der Waals surface area contributed by atoms with E-state index in [4.69, 9.17) is 16.6 Å². The van der Waals surface area contributed by atoms with Gasteiger partial charge in [-0.3, -0.25) is 0 Å². The summed E-state index contributed by atoms with van der Waals surface area (Å²) in [5, 5.41) is 7.65. The Hall–Kier alpha value is -2.18. The van der Waals surface area contributed by atoms with Crippen LogP contribution in [0.3, 0.4) is 0 Å². The average molecular weight is 403 g/mol. The largest absolute Gasteiger partial charge is 0.423 e. The first-order valence-corrected chi connectivity index (χ1v) is 8.51. The minimum Gasteiger partial charge on any atom is -0.423 e. The molecule has 0 aliphatic carbocycles. The first kappa shape index (κ1) is 16.7. The number of nitrogens with one attached hydrogen (secondary N) is 2. The second kappa shape index (κ2) is 6.75. The summed E-state index contributed by atoms with van der Waals surface area (Å²) in [5.74, 6) is 0. The number of anilines is 2. The van der Waals surface area contributed by atoms with Crippen molar-refractivity contribution in [3.63, 3.8) is 0 Å². The standard InChI is InChI=1S/C18H15BrN2O2S/c1-10-8-17(22)23-16-9-13(4-5-14(10)16)20-18(24)21-15-6-3-12(19)7-11(15)2/h3-9H,1-2H3,(H2,20,21,24). The number of fused-ring (bicyclic) bond motifs is 1. The molecule has 1 aromatic heterocycles. The van der Waals surface area contributed by atoms with Crippen molar-refractivity contribution in [2.45, 2.75) is 13.8 Å². The van der Waals surface area contributed by atoms with E-state index < -0.39 is 0 Å². The highest BCUT2D eigenvalue weighted by atomic mass is 79.9. The summed E-state index contributed by atoms with van der Waals surface area (Å²) < 4.78 is 6.27. The van der Waals surface area contributed by atoms with Gasteiger partial charge in [0.2, 0.25) is 0 Å². The van der Waals surface area contributed by atoms with E-state index in [1.165, 1.54) is 6.07 Å². The highest BCUT2D eigenvalue weighted by Crippen LogP contribution is 2.22. The highest BCUT2D eigenvalue weighted by Gasteiger charge is 2.06. The van der Waals surface area contributed by atoms with Gasteiger partial charge in [0.1, 0.15) is 5.58 Å². The molecular weight excluding hydrogens is 388 g/mol. The van der Waals surface area contributed by atoms with E-state index in [9.17, 15) is 4.79 Å². The number of hydrogen-bond donors (Lipinski definition) is 2. The van der Waals surface area contributed by atoms with Crippen molar-refractivity contribution in [3.05, 3.63) is 68.5 Å². The van der Waals surface area contributed by atoms with Gasteiger partial charge >= 0.3 is 5.63 Å². The van der Waals surface area contributed by atoms with Crippen LogP contribution in [0.25, 0.3) is 11.0 Å². The van der Waals surface area contributed by atoms with E-state index in [0.29, 0.717) is 10.7 Å². The molecule has 0 aliphatic heterocycles. The minimum absolute atomic E-state index is 0.358. The van der Waals surface area contributed by atoms with Gasteiger partial charge in [0.25, 0.3) is 0 Å². The number of benzene rings is 2. The van der Waals surface area contributed by atoms with Gasteiger partial charge in [0.05, 0.1) is 0 Å². The highest BCUT2D eigenvalue weighted by molar-refractivity contribution is 9.10. The SMILES string of the molecule is Cc1cc(Br)ccc1NC(=S)Nc1ccc2c(C)cc(=O)oc2c1. The van der Waals surface area contributed by atoms with Gasteiger partial charge in [-0.1, -0.05) is 15.9 Å². The van der Waals surface area contributed by atoms with E-state index in [-0.39, 0.29) is 5.63 Å². The lowest BCUT2D eigenvalue weighted by molar-refractivity contribution is 0.560. The number of rotatable bonds is 2. The summed E-state index contributed by atoms with van der Waals surface area (Å²) in [7, 11) is 0. The van der Waals surface area contributed by atoms with E-state index in [2.05, 4.69) is 26.6 Å². The number of aryl methyl sites for hydroxylation is 2. The molecule has 1 heterocycles. The molecule has 4 nitrogen and oxygen atoms in total. The molecule has 0 atom stereocenters. The molecule has 0 saturated carbocycles. The van der Waals surface area contributed by atoms with Crippen molar-refractivity contribution in [1.29, 1.82) is 0 Å². The molecule has 0 spiro atoms. The average Bonchev–Trinajstić information content (AvgIpc) is 2.49. The molecule has 2 N–H and O–H groups in total. The first-order chi connectivity index (χ1) is 11.4. The third-order valence-electron chi connectivity index (χ3n) is 3.65. The van der Waals surface area contributed by atoms with Crippen molar-refractivity contribution in [1.82, 2.24) is 0 Å². The van der Waals surface area contributed by atoms with Crippen molar-refractivity contribution in [2.24, 2.45) is 0 Å². The number of thiocarbonyl (C=S) groups is 1. The van der Waals surface area contributed by atoms with Gasteiger partial charge < -0.3 is 15.1 Å². The lowest BCUT2D eigenvalue weighted by Gasteiger charge is -2.13. The van der Waals surface area contributed by atoms with Crippen LogP contribution in [0.4, 0.5) is 11.4 Å². The van der Waals surface area contributed by atoms with Crippen LogP contribution in [-0.4, -0.2) is 5.11 Å². The molecule has 0 unspecified atom stereocenters. The van der Waals surface area contributed by atoms with Crippen LogP contribution in [0, 0.1) is 13.8 Å². The normalized spacial score (nSPS) is 10.6. The van der Waals surface area contributed by atoms with Crippen LogP contribution >= 0.6 is 28.1 Å². The zero-order valence-electron chi connectivity index (χ0n) is 13.1. The fourth-order valence-electron chi connectivity index (χ4n) is 2.45. The zero-order valence-corrected chi connectivity index (χ0v) is 15.5. The predicted octanol–water partition coefficient (Wildman–Crippen LogP) is 4.98. The number of halogens is 1. The summed E-state index contributed by atoms with van der Waals surface area (Å²) in [4.78, 5) is 11.5. The quantitative estimate of drug-likeness (QED) is 0.467. The van der Waals surface area contributed by atoms with Crippen LogP contribution in [-0.2, 0) is 0 Å². The van der Waals surface area contributed by atoms with Gasteiger partial charge in [-0.2, -0.15) is 0 Å². The maximum absolute atomic E-state index is 11.5. The van der Waals surface area contributed by atoms with Gasteiger partial charge in [-0.15, -0.1) is 0 Å². The van der Waals surface area contributed by atoms with E-state index >= 15 is 0 Å². The smallest absolute Gasteiger partial charge is 0.336 e. The summed E-state index contributed by atoms with van der Waals surface area (Å²) >= 11 is 8.80. The third-order valence-corrected chi connectivity index (χ3v) is 4.34. The molecule has 24 heavy (non-hydrogen) atoms. The topological polar surface area (TPSA) is 54.3 Å². The van der Waals surface area contributed by atoms with Gasteiger partial charge in [0.15, 0.2) is 5.11 Å². The summed E-state index contributed by atoms with van der Waals surface area (Å²) in [5.41, 5.74) is 3.82. The Kier molecular flexibility index (Phi) is 4.69.